The molecule has 3 aromatic heterocycles. The molecule has 0 saturated carbocycles. The van der Waals surface area contributed by atoms with Crippen molar-refractivity contribution < 1.29 is 4.39 Å². The third-order valence-corrected chi connectivity index (χ3v) is 4.11. The molecular weight excluding hydrogens is 331 g/mol. The monoisotopic (exact) mass is 346 g/mol. The number of aromatic nitrogens is 4. The molecule has 0 radical (unpaired) electrons. The number of hydrogen-bond donors (Lipinski definition) is 1. The average Bonchev–Trinajstić information content (AvgIpc) is 2.64. The third kappa shape index (κ3) is 2.75. The zero-order valence-electron chi connectivity index (χ0n) is 14.2. The highest BCUT2D eigenvalue weighted by molar-refractivity contribution is 5.84. The van der Waals surface area contributed by atoms with Crippen LogP contribution in [0.2, 0.25) is 0 Å². The molecule has 0 bridgehead atoms. The Morgan fingerprint density at radius 2 is 1.69 bits per heavy atom. The number of nitrogens with one attached hydrogen (secondary N) is 1. The van der Waals surface area contributed by atoms with Crippen LogP contribution in [-0.2, 0) is 0 Å². The molecule has 0 amide bonds. The fourth-order valence-electron chi connectivity index (χ4n) is 2.94. The molecule has 0 fully saturated rings. The quantitative estimate of drug-likeness (QED) is 0.599. The van der Waals surface area contributed by atoms with Gasteiger partial charge >= 0.3 is 0 Å². The lowest BCUT2D eigenvalue weighted by Gasteiger charge is -2.12. The molecule has 1 N–H and O–H groups in total. The van der Waals surface area contributed by atoms with Gasteiger partial charge in [0.15, 0.2) is 11.5 Å². The maximum atomic E-state index is 14.8. The summed E-state index contributed by atoms with van der Waals surface area (Å²) in [4.78, 5) is 27.7. The van der Waals surface area contributed by atoms with E-state index in [1.165, 1.54) is 6.07 Å². The van der Waals surface area contributed by atoms with E-state index in [-0.39, 0.29) is 5.56 Å². The maximum absolute atomic E-state index is 14.8. The Morgan fingerprint density at radius 1 is 0.923 bits per heavy atom. The number of benzene rings is 1. The van der Waals surface area contributed by atoms with Crippen molar-refractivity contribution >= 4 is 11.2 Å². The highest BCUT2D eigenvalue weighted by Crippen LogP contribution is 2.32. The SMILES string of the molecule is Cc1cc(-c2nc3ccc(=O)[nH]c3nc2-c2ccccc2)c(F)c(C)n1. The normalized spacial score (nSPS) is 11.0. The molecule has 3 heterocycles. The van der Waals surface area contributed by atoms with Gasteiger partial charge in [-0.25, -0.2) is 14.4 Å². The van der Waals surface area contributed by atoms with Gasteiger partial charge in [-0.2, -0.15) is 0 Å². The Hall–Kier alpha value is -3.41. The number of H-pyrrole nitrogens is 1. The van der Waals surface area contributed by atoms with Crippen LogP contribution in [0, 0.1) is 19.7 Å². The first-order chi connectivity index (χ1) is 12.5. The molecule has 26 heavy (non-hydrogen) atoms. The molecule has 0 aliphatic carbocycles. The fraction of sp³-hybridized carbons (Fsp3) is 0.100. The van der Waals surface area contributed by atoms with E-state index < -0.39 is 5.82 Å². The summed E-state index contributed by atoms with van der Waals surface area (Å²) in [6.07, 6.45) is 0. The number of aromatic amines is 1. The molecule has 0 atom stereocenters. The Bertz CT molecular complexity index is 1190. The fourth-order valence-corrected chi connectivity index (χ4v) is 2.94. The summed E-state index contributed by atoms with van der Waals surface area (Å²) in [5.41, 5.74) is 3.64. The van der Waals surface area contributed by atoms with Gasteiger partial charge in [-0.3, -0.25) is 9.78 Å². The van der Waals surface area contributed by atoms with Gasteiger partial charge in [-0.15, -0.1) is 0 Å². The summed E-state index contributed by atoms with van der Waals surface area (Å²) in [6.45, 7) is 3.43. The van der Waals surface area contributed by atoms with Crippen LogP contribution in [0.15, 0.2) is 53.3 Å². The predicted molar refractivity (Wildman–Crippen MR) is 98.3 cm³/mol. The van der Waals surface area contributed by atoms with E-state index in [4.69, 9.17) is 0 Å². The van der Waals surface area contributed by atoms with E-state index in [9.17, 15) is 9.18 Å². The van der Waals surface area contributed by atoms with Crippen molar-refractivity contribution in [3.05, 3.63) is 76.1 Å². The van der Waals surface area contributed by atoms with Gasteiger partial charge < -0.3 is 4.98 Å². The summed E-state index contributed by atoms with van der Waals surface area (Å²) in [5, 5.41) is 0. The number of fused-ring (bicyclic) bond motifs is 1. The lowest BCUT2D eigenvalue weighted by Crippen LogP contribution is -2.07. The van der Waals surface area contributed by atoms with E-state index in [1.54, 1.807) is 19.1 Å². The Morgan fingerprint density at radius 3 is 2.46 bits per heavy atom. The molecule has 6 heteroatoms. The van der Waals surface area contributed by atoms with Crippen molar-refractivity contribution in [2.24, 2.45) is 0 Å². The number of hydrogen-bond acceptors (Lipinski definition) is 4. The number of nitrogens with zero attached hydrogens (tertiary/aromatic N) is 3. The van der Waals surface area contributed by atoms with Gasteiger partial charge in [0.1, 0.15) is 11.2 Å². The summed E-state index contributed by atoms with van der Waals surface area (Å²) in [5.74, 6) is -0.425. The van der Waals surface area contributed by atoms with Crippen molar-refractivity contribution in [2.75, 3.05) is 0 Å². The standard InChI is InChI=1S/C20H15FN4O/c1-11-10-14(17(21)12(2)22-11)19-18(13-6-4-3-5-7-13)25-20-15(23-19)8-9-16(26)24-20/h3-10H,1-2H3,(H,24,25,26). The second-order valence-electron chi connectivity index (χ2n) is 6.05. The van der Waals surface area contributed by atoms with Crippen LogP contribution in [0.4, 0.5) is 4.39 Å². The lowest BCUT2D eigenvalue weighted by molar-refractivity contribution is 0.611. The van der Waals surface area contributed by atoms with Crippen LogP contribution in [0.1, 0.15) is 11.4 Å². The van der Waals surface area contributed by atoms with Gasteiger partial charge in [0.25, 0.3) is 0 Å². The Balaban J connectivity index is 2.11. The van der Waals surface area contributed by atoms with E-state index in [2.05, 4.69) is 19.9 Å². The summed E-state index contributed by atoms with van der Waals surface area (Å²) >= 11 is 0. The van der Waals surface area contributed by atoms with Crippen LogP contribution in [0.5, 0.6) is 0 Å². The van der Waals surface area contributed by atoms with Crippen LogP contribution < -0.4 is 5.56 Å². The van der Waals surface area contributed by atoms with Gasteiger partial charge in [0.2, 0.25) is 5.56 Å². The smallest absolute Gasteiger partial charge is 0.249 e. The number of pyridine rings is 2. The minimum absolute atomic E-state index is 0.264. The first-order valence-corrected chi connectivity index (χ1v) is 8.13. The van der Waals surface area contributed by atoms with Crippen molar-refractivity contribution in [3.8, 4) is 22.5 Å². The minimum Gasteiger partial charge on any atom is -0.305 e. The molecular formula is C20H15FN4O. The van der Waals surface area contributed by atoms with Crippen LogP contribution in [0.3, 0.4) is 0 Å². The van der Waals surface area contributed by atoms with Gasteiger partial charge in [-0.05, 0) is 26.0 Å². The first-order valence-electron chi connectivity index (χ1n) is 8.13. The van der Waals surface area contributed by atoms with Crippen LogP contribution in [-0.4, -0.2) is 19.9 Å². The lowest BCUT2D eigenvalue weighted by atomic mass is 10.0. The molecule has 1 aromatic carbocycles. The Kier molecular flexibility index (Phi) is 3.80. The van der Waals surface area contributed by atoms with Crippen molar-refractivity contribution in [1.29, 1.82) is 0 Å². The largest absolute Gasteiger partial charge is 0.305 e. The highest BCUT2D eigenvalue weighted by atomic mass is 19.1. The number of rotatable bonds is 2. The van der Waals surface area contributed by atoms with Crippen LogP contribution in [0.25, 0.3) is 33.7 Å². The maximum Gasteiger partial charge on any atom is 0.249 e. The topological polar surface area (TPSA) is 71.5 Å². The number of aryl methyl sites for hydroxylation is 2. The van der Waals surface area contributed by atoms with Gasteiger partial charge in [0, 0.05) is 22.9 Å². The zero-order valence-corrected chi connectivity index (χ0v) is 14.2. The molecule has 4 rings (SSSR count). The predicted octanol–water partition coefficient (Wildman–Crippen LogP) is 3.80. The van der Waals surface area contributed by atoms with Crippen molar-refractivity contribution in [3.63, 3.8) is 0 Å². The summed E-state index contributed by atoms with van der Waals surface area (Å²) < 4.78 is 14.8. The van der Waals surface area contributed by atoms with Gasteiger partial charge in [0.05, 0.1) is 11.4 Å². The van der Waals surface area contributed by atoms with Gasteiger partial charge in [-0.1, -0.05) is 30.3 Å². The average molecular weight is 346 g/mol. The molecule has 5 nitrogen and oxygen atoms in total. The molecule has 128 valence electrons. The second-order valence-corrected chi connectivity index (χ2v) is 6.05. The van der Waals surface area contributed by atoms with Crippen molar-refractivity contribution in [1.82, 2.24) is 19.9 Å². The van der Waals surface area contributed by atoms with E-state index in [0.717, 1.165) is 5.56 Å². The first kappa shape index (κ1) is 16.1. The third-order valence-electron chi connectivity index (χ3n) is 4.11. The molecule has 0 saturated heterocycles. The molecule has 4 aromatic rings. The zero-order chi connectivity index (χ0) is 18.3. The highest BCUT2D eigenvalue weighted by Gasteiger charge is 2.18. The Labute approximate surface area is 148 Å². The second kappa shape index (κ2) is 6.15. The summed E-state index contributed by atoms with van der Waals surface area (Å²) in [6, 6.07) is 14.0. The van der Waals surface area contributed by atoms with Crippen LogP contribution >= 0.6 is 0 Å². The van der Waals surface area contributed by atoms with Crippen molar-refractivity contribution in [2.45, 2.75) is 13.8 Å². The molecule has 0 aliphatic heterocycles. The molecule has 0 unspecified atom stereocenters. The summed E-state index contributed by atoms with van der Waals surface area (Å²) in [7, 11) is 0. The number of halogens is 1. The molecule has 0 spiro atoms. The molecule has 0 aliphatic rings. The van der Waals surface area contributed by atoms with E-state index in [0.29, 0.717) is 39.5 Å². The minimum atomic E-state index is -0.425. The van der Waals surface area contributed by atoms with E-state index >= 15 is 0 Å². The van der Waals surface area contributed by atoms with E-state index in [1.807, 2.05) is 37.3 Å².